The molecule has 1 N–H and O–H groups in total. The lowest BCUT2D eigenvalue weighted by atomic mass is 9.95. The molecule has 100 valence electrons. The zero-order valence-corrected chi connectivity index (χ0v) is 12.2. The first kappa shape index (κ1) is 15.3. The molecule has 0 aliphatic rings. The number of halogens is 2. The van der Waals surface area contributed by atoms with Gasteiger partial charge in [0.1, 0.15) is 4.84 Å². The molecule has 0 saturated carbocycles. The maximum atomic E-state index is 11.9. The highest BCUT2D eigenvalue weighted by molar-refractivity contribution is 6.44. The van der Waals surface area contributed by atoms with E-state index in [4.69, 9.17) is 23.2 Å². The monoisotopic (exact) mass is 287 g/mol. The Bertz CT molecular complexity index is 365. The van der Waals surface area contributed by atoms with E-state index >= 15 is 0 Å². The molecular weight excluding hydrogens is 269 g/mol. The van der Waals surface area contributed by atoms with Crippen LogP contribution in [0.3, 0.4) is 0 Å². The number of benzene rings is 1. The van der Waals surface area contributed by atoms with E-state index in [2.05, 4.69) is 19.2 Å². The van der Waals surface area contributed by atoms with E-state index < -0.39 is 4.84 Å². The molecule has 0 aliphatic carbocycles. The number of hydrogen-bond acceptors (Lipinski definition) is 1. The quantitative estimate of drug-likeness (QED) is 0.768. The van der Waals surface area contributed by atoms with Crippen LogP contribution < -0.4 is 5.32 Å². The third-order valence-corrected chi connectivity index (χ3v) is 3.35. The Kier molecular flexibility index (Phi) is 6.51. The molecule has 1 rings (SSSR count). The lowest BCUT2D eigenvalue weighted by molar-refractivity contribution is -0.117. The average molecular weight is 288 g/mol. The van der Waals surface area contributed by atoms with Crippen molar-refractivity contribution < 1.29 is 4.79 Å². The second-order valence-electron chi connectivity index (χ2n) is 4.84. The first-order valence-electron chi connectivity index (χ1n) is 6.12. The smallest absolute Gasteiger partial charge is 0.224 e. The number of para-hydroxylation sites is 1. The molecule has 0 bridgehead atoms. The molecule has 0 heterocycles. The van der Waals surface area contributed by atoms with Crippen LogP contribution in [0.5, 0.6) is 0 Å². The summed E-state index contributed by atoms with van der Waals surface area (Å²) >= 11 is 11.8. The summed E-state index contributed by atoms with van der Waals surface area (Å²) in [6, 6.07) is 9.38. The summed E-state index contributed by atoms with van der Waals surface area (Å²) in [7, 11) is 0. The van der Waals surface area contributed by atoms with Gasteiger partial charge in [-0.2, -0.15) is 0 Å². The Morgan fingerprint density at radius 3 is 2.33 bits per heavy atom. The Hall–Kier alpha value is -0.730. The van der Waals surface area contributed by atoms with Crippen molar-refractivity contribution in [3.63, 3.8) is 0 Å². The normalized spacial score (nSPS) is 12.8. The molecule has 0 aliphatic heterocycles. The largest absolute Gasteiger partial charge is 0.326 e. The third kappa shape index (κ3) is 5.74. The first-order valence-corrected chi connectivity index (χ1v) is 6.99. The number of carbonyl (C=O) groups is 1. The second-order valence-corrected chi connectivity index (χ2v) is 6.01. The average Bonchev–Trinajstić information content (AvgIpc) is 2.28. The van der Waals surface area contributed by atoms with Gasteiger partial charge in [-0.3, -0.25) is 4.79 Å². The van der Waals surface area contributed by atoms with Crippen molar-refractivity contribution in [2.24, 2.45) is 11.8 Å². The van der Waals surface area contributed by atoms with Gasteiger partial charge in [0.15, 0.2) is 0 Å². The Morgan fingerprint density at radius 1 is 1.22 bits per heavy atom. The van der Waals surface area contributed by atoms with E-state index in [0.29, 0.717) is 12.3 Å². The number of alkyl halides is 2. The standard InChI is InChI=1S/C14H19Cl2NO/c1-10(2)8-11(14(15)16)9-13(18)17-12-6-4-3-5-7-12/h3-7,10-11,14H,8-9H2,1-2H3,(H,17,18). The van der Waals surface area contributed by atoms with Crippen molar-refractivity contribution in [3.8, 4) is 0 Å². The molecule has 0 radical (unpaired) electrons. The van der Waals surface area contributed by atoms with Crippen LogP contribution in [0.1, 0.15) is 26.7 Å². The molecular formula is C14H19Cl2NO. The number of anilines is 1. The maximum Gasteiger partial charge on any atom is 0.224 e. The SMILES string of the molecule is CC(C)CC(CC(=O)Nc1ccccc1)C(Cl)Cl. The van der Waals surface area contributed by atoms with Crippen LogP contribution in [0.15, 0.2) is 30.3 Å². The minimum atomic E-state index is -0.506. The van der Waals surface area contributed by atoms with Crippen LogP contribution in [0, 0.1) is 11.8 Å². The molecule has 18 heavy (non-hydrogen) atoms. The molecule has 2 nitrogen and oxygen atoms in total. The summed E-state index contributed by atoms with van der Waals surface area (Å²) in [5.74, 6) is 0.426. The predicted molar refractivity (Wildman–Crippen MR) is 78.1 cm³/mol. The summed E-state index contributed by atoms with van der Waals surface area (Å²) in [5.41, 5.74) is 0.798. The minimum Gasteiger partial charge on any atom is -0.326 e. The van der Waals surface area contributed by atoms with Gasteiger partial charge in [0.2, 0.25) is 5.91 Å². The summed E-state index contributed by atoms with van der Waals surface area (Å²) in [4.78, 5) is 11.4. The fraction of sp³-hybridized carbons (Fsp3) is 0.500. The molecule has 0 saturated heterocycles. The lowest BCUT2D eigenvalue weighted by Crippen LogP contribution is -2.21. The fourth-order valence-electron chi connectivity index (χ4n) is 1.85. The molecule has 1 atom stereocenters. The topological polar surface area (TPSA) is 29.1 Å². The van der Waals surface area contributed by atoms with E-state index in [1.54, 1.807) is 0 Å². The van der Waals surface area contributed by atoms with E-state index in [1.807, 2.05) is 30.3 Å². The van der Waals surface area contributed by atoms with Crippen molar-refractivity contribution in [2.45, 2.75) is 31.5 Å². The zero-order chi connectivity index (χ0) is 13.5. The summed E-state index contributed by atoms with van der Waals surface area (Å²) < 4.78 is 0. The Balaban J connectivity index is 2.51. The maximum absolute atomic E-state index is 11.9. The van der Waals surface area contributed by atoms with E-state index in [0.717, 1.165) is 12.1 Å². The van der Waals surface area contributed by atoms with Gasteiger partial charge < -0.3 is 5.32 Å². The molecule has 0 aromatic heterocycles. The van der Waals surface area contributed by atoms with E-state index in [1.165, 1.54) is 0 Å². The number of nitrogens with one attached hydrogen (secondary N) is 1. The van der Waals surface area contributed by atoms with E-state index in [9.17, 15) is 4.79 Å². The third-order valence-electron chi connectivity index (χ3n) is 2.64. The fourth-order valence-corrected chi connectivity index (χ4v) is 2.24. The number of carbonyl (C=O) groups excluding carboxylic acids is 1. The second kappa shape index (κ2) is 7.65. The molecule has 0 fully saturated rings. The van der Waals surface area contributed by atoms with Gasteiger partial charge in [0.25, 0.3) is 0 Å². The van der Waals surface area contributed by atoms with Crippen LogP contribution in [0.4, 0.5) is 5.69 Å². The summed E-state index contributed by atoms with van der Waals surface area (Å²) in [6.07, 6.45) is 1.20. The van der Waals surface area contributed by atoms with Crippen LogP contribution in [-0.4, -0.2) is 10.7 Å². The van der Waals surface area contributed by atoms with Gasteiger partial charge in [-0.15, -0.1) is 23.2 Å². The predicted octanol–water partition coefficient (Wildman–Crippen LogP) is 4.48. The van der Waals surface area contributed by atoms with Gasteiger partial charge in [-0.25, -0.2) is 0 Å². The number of rotatable bonds is 6. The van der Waals surface area contributed by atoms with Crippen molar-refractivity contribution in [1.29, 1.82) is 0 Å². The van der Waals surface area contributed by atoms with Crippen molar-refractivity contribution in [3.05, 3.63) is 30.3 Å². The summed E-state index contributed by atoms with van der Waals surface area (Å²) in [6.45, 7) is 4.19. The van der Waals surface area contributed by atoms with Gasteiger partial charge in [0, 0.05) is 12.1 Å². The van der Waals surface area contributed by atoms with Gasteiger partial charge in [-0.1, -0.05) is 32.0 Å². The molecule has 1 unspecified atom stereocenters. The molecule has 1 aromatic carbocycles. The first-order chi connectivity index (χ1) is 8.49. The highest BCUT2D eigenvalue weighted by Gasteiger charge is 2.21. The molecule has 1 amide bonds. The highest BCUT2D eigenvalue weighted by atomic mass is 35.5. The Morgan fingerprint density at radius 2 is 1.83 bits per heavy atom. The van der Waals surface area contributed by atoms with Crippen LogP contribution in [0.2, 0.25) is 0 Å². The van der Waals surface area contributed by atoms with Gasteiger partial charge in [0.05, 0.1) is 0 Å². The summed E-state index contributed by atoms with van der Waals surface area (Å²) in [5, 5.41) is 2.84. The zero-order valence-electron chi connectivity index (χ0n) is 10.7. The minimum absolute atomic E-state index is 0.00274. The Labute approximate surface area is 119 Å². The number of hydrogen-bond donors (Lipinski definition) is 1. The highest BCUT2D eigenvalue weighted by Crippen LogP contribution is 2.26. The van der Waals surface area contributed by atoms with Crippen LogP contribution in [0.25, 0.3) is 0 Å². The van der Waals surface area contributed by atoms with Crippen molar-refractivity contribution in [2.75, 3.05) is 5.32 Å². The van der Waals surface area contributed by atoms with Gasteiger partial charge in [-0.05, 0) is 30.4 Å². The van der Waals surface area contributed by atoms with Gasteiger partial charge >= 0.3 is 0 Å². The molecule has 4 heteroatoms. The lowest BCUT2D eigenvalue weighted by Gasteiger charge is -2.19. The van der Waals surface area contributed by atoms with Crippen molar-refractivity contribution in [1.82, 2.24) is 0 Å². The molecule has 1 aromatic rings. The van der Waals surface area contributed by atoms with E-state index in [-0.39, 0.29) is 11.8 Å². The molecule has 0 spiro atoms. The van der Waals surface area contributed by atoms with Crippen molar-refractivity contribution >= 4 is 34.8 Å². The number of amides is 1. The van der Waals surface area contributed by atoms with Crippen LogP contribution >= 0.6 is 23.2 Å². The van der Waals surface area contributed by atoms with Crippen LogP contribution in [-0.2, 0) is 4.79 Å².